The minimum Gasteiger partial charge on any atom is -0.376 e. The average molecular weight is 364 g/mol. The molecule has 1 amide bonds. The third kappa shape index (κ3) is 5.17. The van der Waals surface area contributed by atoms with Crippen LogP contribution in [0.3, 0.4) is 0 Å². The molecule has 2 N–H and O–H groups in total. The summed E-state index contributed by atoms with van der Waals surface area (Å²) in [6.45, 7) is 4.38. The number of hydrogen-bond donors (Lipinski definition) is 2. The van der Waals surface area contributed by atoms with Crippen molar-refractivity contribution in [2.24, 2.45) is 0 Å². The Balaban J connectivity index is 1.61. The molecule has 6 nitrogen and oxygen atoms in total. The molecule has 3 rings (SSSR count). The number of hydrogen-bond acceptors (Lipinski definition) is 5. The number of benzene rings is 2. The summed E-state index contributed by atoms with van der Waals surface area (Å²) >= 11 is 0. The monoisotopic (exact) mass is 364 g/mol. The quantitative estimate of drug-likeness (QED) is 0.622. The molecule has 0 fully saturated rings. The van der Waals surface area contributed by atoms with Crippen LogP contribution in [0.15, 0.2) is 53.1 Å². The van der Waals surface area contributed by atoms with Crippen LogP contribution < -0.4 is 10.6 Å². The Hall–Kier alpha value is -3.15. The fourth-order valence-corrected chi connectivity index (χ4v) is 2.79. The van der Waals surface area contributed by atoms with Gasteiger partial charge < -0.3 is 15.2 Å². The Labute approximate surface area is 159 Å². The van der Waals surface area contributed by atoms with E-state index in [0.717, 1.165) is 28.9 Å². The van der Waals surface area contributed by atoms with Crippen molar-refractivity contribution in [1.82, 2.24) is 10.1 Å². The normalized spacial score (nSPS) is 10.6. The van der Waals surface area contributed by atoms with Crippen LogP contribution in [0.4, 0.5) is 11.4 Å². The van der Waals surface area contributed by atoms with E-state index in [1.54, 1.807) is 0 Å². The van der Waals surface area contributed by atoms with Gasteiger partial charge in [-0.15, -0.1) is 0 Å². The Bertz CT molecular complexity index is 890. The molecule has 0 saturated heterocycles. The molecule has 0 aliphatic heterocycles. The molecule has 0 unspecified atom stereocenters. The van der Waals surface area contributed by atoms with Gasteiger partial charge in [-0.25, -0.2) is 0 Å². The molecule has 0 aliphatic rings. The standard InChI is InChI=1S/C21H24N4O2/c1-3-8-20(26)23-18-12-7-11-17(15(18)2)22-14-21-24-19(25-27-21)13-16-9-5-4-6-10-16/h4-7,9-12,22H,3,8,13-14H2,1-2H3,(H,23,26). The number of nitrogens with zero attached hydrogens (tertiary/aromatic N) is 2. The maximum absolute atomic E-state index is 11.8. The number of amides is 1. The van der Waals surface area contributed by atoms with Crippen LogP contribution in [0.5, 0.6) is 0 Å². The lowest BCUT2D eigenvalue weighted by atomic mass is 10.1. The summed E-state index contributed by atoms with van der Waals surface area (Å²) in [5.74, 6) is 1.22. The Morgan fingerprint density at radius 1 is 1.07 bits per heavy atom. The molecule has 2 aromatic carbocycles. The van der Waals surface area contributed by atoms with Gasteiger partial charge in [-0.3, -0.25) is 4.79 Å². The number of aromatic nitrogens is 2. The van der Waals surface area contributed by atoms with E-state index in [1.165, 1.54) is 0 Å². The van der Waals surface area contributed by atoms with Crippen molar-refractivity contribution in [2.45, 2.75) is 39.7 Å². The summed E-state index contributed by atoms with van der Waals surface area (Å²) in [5.41, 5.74) is 3.86. The van der Waals surface area contributed by atoms with Crippen molar-refractivity contribution < 1.29 is 9.32 Å². The van der Waals surface area contributed by atoms with Crippen LogP contribution in [-0.4, -0.2) is 16.0 Å². The summed E-state index contributed by atoms with van der Waals surface area (Å²) in [4.78, 5) is 16.3. The van der Waals surface area contributed by atoms with Crippen LogP contribution in [0.2, 0.25) is 0 Å². The largest absolute Gasteiger partial charge is 0.376 e. The van der Waals surface area contributed by atoms with E-state index in [2.05, 4.69) is 20.8 Å². The maximum Gasteiger partial charge on any atom is 0.245 e. The zero-order chi connectivity index (χ0) is 19.1. The molecule has 140 valence electrons. The highest BCUT2D eigenvalue weighted by Gasteiger charge is 2.10. The van der Waals surface area contributed by atoms with E-state index < -0.39 is 0 Å². The van der Waals surface area contributed by atoms with Gasteiger partial charge in [0, 0.05) is 24.2 Å². The van der Waals surface area contributed by atoms with Crippen molar-refractivity contribution in [1.29, 1.82) is 0 Å². The molecule has 0 radical (unpaired) electrons. The molecular weight excluding hydrogens is 340 g/mol. The molecule has 0 atom stereocenters. The number of carbonyl (C=O) groups excluding carboxylic acids is 1. The lowest BCUT2D eigenvalue weighted by molar-refractivity contribution is -0.116. The van der Waals surface area contributed by atoms with Gasteiger partial charge in [0.1, 0.15) is 0 Å². The van der Waals surface area contributed by atoms with Crippen molar-refractivity contribution in [3.63, 3.8) is 0 Å². The van der Waals surface area contributed by atoms with Gasteiger partial charge >= 0.3 is 0 Å². The van der Waals surface area contributed by atoms with E-state index in [0.29, 0.717) is 31.1 Å². The van der Waals surface area contributed by atoms with E-state index >= 15 is 0 Å². The molecule has 1 heterocycles. The van der Waals surface area contributed by atoms with E-state index in [9.17, 15) is 4.79 Å². The first-order chi connectivity index (χ1) is 13.2. The summed E-state index contributed by atoms with van der Waals surface area (Å²) < 4.78 is 5.33. The molecule has 0 saturated carbocycles. The zero-order valence-electron chi connectivity index (χ0n) is 15.7. The zero-order valence-corrected chi connectivity index (χ0v) is 15.7. The fourth-order valence-electron chi connectivity index (χ4n) is 2.79. The lowest BCUT2D eigenvalue weighted by Gasteiger charge is -2.13. The minimum atomic E-state index is 0.0280. The van der Waals surface area contributed by atoms with Gasteiger partial charge in [0.2, 0.25) is 11.8 Å². The third-order valence-electron chi connectivity index (χ3n) is 4.23. The molecule has 6 heteroatoms. The minimum absolute atomic E-state index is 0.0280. The van der Waals surface area contributed by atoms with E-state index in [4.69, 9.17) is 4.52 Å². The Kier molecular flexibility index (Phi) is 6.20. The average Bonchev–Trinajstić information content (AvgIpc) is 3.11. The Morgan fingerprint density at radius 2 is 1.85 bits per heavy atom. The summed E-state index contributed by atoms with van der Waals surface area (Å²) in [5, 5.41) is 10.3. The van der Waals surface area contributed by atoms with E-state index in [-0.39, 0.29) is 5.91 Å². The second-order valence-corrected chi connectivity index (χ2v) is 6.40. The highest BCUT2D eigenvalue weighted by molar-refractivity contribution is 5.92. The second-order valence-electron chi connectivity index (χ2n) is 6.40. The van der Waals surface area contributed by atoms with Crippen LogP contribution in [0, 0.1) is 6.92 Å². The number of carbonyl (C=O) groups is 1. The SMILES string of the molecule is CCCC(=O)Nc1cccc(NCc2nc(Cc3ccccc3)no2)c1C. The highest BCUT2D eigenvalue weighted by Crippen LogP contribution is 2.24. The predicted molar refractivity (Wildman–Crippen MR) is 106 cm³/mol. The molecule has 27 heavy (non-hydrogen) atoms. The number of anilines is 2. The van der Waals surface area contributed by atoms with Gasteiger partial charge in [-0.1, -0.05) is 48.5 Å². The first-order valence-corrected chi connectivity index (χ1v) is 9.14. The topological polar surface area (TPSA) is 80.0 Å². The molecule has 0 bridgehead atoms. The van der Waals surface area contributed by atoms with Gasteiger partial charge in [-0.05, 0) is 36.6 Å². The van der Waals surface area contributed by atoms with Crippen molar-refractivity contribution in [3.8, 4) is 0 Å². The van der Waals surface area contributed by atoms with Crippen molar-refractivity contribution in [3.05, 3.63) is 71.4 Å². The van der Waals surface area contributed by atoms with Crippen molar-refractivity contribution in [2.75, 3.05) is 10.6 Å². The summed E-state index contributed by atoms with van der Waals surface area (Å²) in [6, 6.07) is 15.8. The smallest absolute Gasteiger partial charge is 0.245 e. The molecular formula is C21H24N4O2. The van der Waals surface area contributed by atoms with Crippen LogP contribution in [-0.2, 0) is 17.8 Å². The van der Waals surface area contributed by atoms with Crippen LogP contribution in [0.25, 0.3) is 0 Å². The first kappa shape index (κ1) is 18.6. The van der Waals surface area contributed by atoms with Gasteiger partial charge in [0.05, 0.1) is 6.54 Å². The van der Waals surface area contributed by atoms with Crippen molar-refractivity contribution >= 4 is 17.3 Å². The van der Waals surface area contributed by atoms with Gasteiger partial charge in [-0.2, -0.15) is 4.98 Å². The van der Waals surface area contributed by atoms with Gasteiger partial charge in [0.15, 0.2) is 5.82 Å². The van der Waals surface area contributed by atoms with Crippen LogP contribution >= 0.6 is 0 Å². The van der Waals surface area contributed by atoms with Crippen LogP contribution in [0.1, 0.15) is 42.6 Å². The van der Waals surface area contributed by atoms with Gasteiger partial charge in [0.25, 0.3) is 0 Å². The third-order valence-corrected chi connectivity index (χ3v) is 4.23. The van der Waals surface area contributed by atoms with E-state index in [1.807, 2.05) is 62.4 Å². The number of nitrogens with one attached hydrogen (secondary N) is 2. The molecule has 0 spiro atoms. The Morgan fingerprint density at radius 3 is 2.63 bits per heavy atom. The molecule has 0 aliphatic carbocycles. The predicted octanol–water partition coefficient (Wildman–Crippen LogP) is 4.32. The summed E-state index contributed by atoms with van der Waals surface area (Å²) in [6.07, 6.45) is 1.98. The fraction of sp³-hybridized carbons (Fsp3) is 0.286. The maximum atomic E-state index is 11.8. The first-order valence-electron chi connectivity index (χ1n) is 9.14. The summed E-state index contributed by atoms with van der Waals surface area (Å²) in [7, 11) is 0. The highest BCUT2D eigenvalue weighted by atomic mass is 16.5. The molecule has 1 aromatic heterocycles. The second kappa shape index (κ2) is 8.98. The number of rotatable bonds is 8. The molecule has 3 aromatic rings. The lowest BCUT2D eigenvalue weighted by Crippen LogP contribution is -2.12.